The van der Waals surface area contributed by atoms with E-state index in [0.717, 1.165) is 6.42 Å². The van der Waals surface area contributed by atoms with Crippen LogP contribution in [0, 0.1) is 17.8 Å². The lowest BCUT2D eigenvalue weighted by Crippen LogP contribution is -2.55. The quantitative estimate of drug-likeness (QED) is 0.538. The summed E-state index contributed by atoms with van der Waals surface area (Å²) in [5, 5.41) is 13.5. The van der Waals surface area contributed by atoms with Gasteiger partial charge in [-0.25, -0.2) is 0 Å². The molecule has 0 saturated carbocycles. The largest absolute Gasteiger partial charge is 0.466 e. The van der Waals surface area contributed by atoms with Crippen LogP contribution in [-0.4, -0.2) is 63.1 Å². The number of para-hydroxylation sites is 1. The van der Waals surface area contributed by atoms with Crippen LogP contribution in [0.25, 0.3) is 0 Å². The van der Waals surface area contributed by atoms with Crippen molar-refractivity contribution < 1.29 is 24.2 Å². The lowest BCUT2D eigenvalue weighted by molar-refractivity contribution is -0.154. The molecule has 7 nitrogen and oxygen atoms in total. The van der Waals surface area contributed by atoms with Crippen molar-refractivity contribution in [1.29, 1.82) is 0 Å². The third-order valence-corrected chi connectivity index (χ3v) is 9.31. The summed E-state index contributed by atoms with van der Waals surface area (Å²) >= 11 is 7.86. The average Bonchev–Trinajstić information content (AvgIpc) is 3.41. The predicted molar refractivity (Wildman–Crippen MR) is 128 cm³/mol. The molecule has 2 bridgehead atoms. The van der Waals surface area contributed by atoms with Crippen LogP contribution in [0.5, 0.6) is 0 Å². The molecule has 3 aliphatic heterocycles. The van der Waals surface area contributed by atoms with Crippen molar-refractivity contribution in [2.24, 2.45) is 17.8 Å². The summed E-state index contributed by atoms with van der Waals surface area (Å²) in [5.74, 6) is -1.93. The number of hydrogen-bond donors (Lipinski definition) is 2. The van der Waals surface area contributed by atoms with E-state index in [1.165, 1.54) is 0 Å². The topological polar surface area (TPSA) is 95.9 Å². The standard InChI is InChI=1S/C24H31ClN2O5S/c1-4-32-23(31)18-17-9-10-24(33-17)19(18)22(30)27(14(12-28)11-13(2)3)20(24)21(29)26-16-8-6-5-7-15(16)25/h5-8,13-14,17-20,28H,4,9-12H2,1-3H3,(H,26,29)/t14-,17-,18+,19+,20?,24?/m1/s1. The number of carbonyl (C=O) groups is 3. The van der Waals surface area contributed by atoms with Crippen LogP contribution < -0.4 is 5.32 Å². The summed E-state index contributed by atoms with van der Waals surface area (Å²) in [6.45, 7) is 5.78. The van der Waals surface area contributed by atoms with Gasteiger partial charge in [0.05, 0.1) is 46.5 Å². The van der Waals surface area contributed by atoms with Crippen LogP contribution in [-0.2, 0) is 19.1 Å². The highest BCUT2D eigenvalue weighted by Gasteiger charge is 2.74. The summed E-state index contributed by atoms with van der Waals surface area (Å²) in [6, 6.07) is 5.65. The molecule has 1 aromatic carbocycles. The van der Waals surface area contributed by atoms with Gasteiger partial charge in [0, 0.05) is 5.25 Å². The molecule has 3 saturated heterocycles. The first-order valence-electron chi connectivity index (χ1n) is 11.6. The Kier molecular flexibility index (Phi) is 6.99. The Bertz CT molecular complexity index is 943. The van der Waals surface area contributed by atoms with Gasteiger partial charge in [0.2, 0.25) is 11.8 Å². The Balaban J connectivity index is 1.75. The van der Waals surface area contributed by atoms with Gasteiger partial charge in [0.15, 0.2) is 0 Å². The Labute approximate surface area is 203 Å². The zero-order valence-corrected chi connectivity index (χ0v) is 20.7. The highest BCUT2D eigenvalue weighted by atomic mass is 35.5. The van der Waals surface area contributed by atoms with Gasteiger partial charge in [0.25, 0.3) is 0 Å². The minimum Gasteiger partial charge on any atom is -0.466 e. The van der Waals surface area contributed by atoms with E-state index in [0.29, 0.717) is 23.6 Å². The summed E-state index contributed by atoms with van der Waals surface area (Å²) in [4.78, 5) is 42.1. The molecule has 0 radical (unpaired) electrons. The summed E-state index contributed by atoms with van der Waals surface area (Å²) < 4.78 is 4.61. The van der Waals surface area contributed by atoms with E-state index in [4.69, 9.17) is 16.3 Å². The number of carbonyl (C=O) groups excluding carboxylic acids is 3. The van der Waals surface area contributed by atoms with Crippen molar-refractivity contribution >= 4 is 46.8 Å². The molecule has 1 aromatic rings. The van der Waals surface area contributed by atoms with Crippen LogP contribution in [0.1, 0.15) is 40.0 Å². The fourth-order valence-electron chi connectivity index (χ4n) is 5.87. The summed E-state index contributed by atoms with van der Waals surface area (Å²) in [6.07, 6.45) is 1.96. The third kappa shape index (κ3) is 4.04. The van der Waals surface area contributed by atoms with E-state index in [1.807, 2.05) is 13.8 Å². The molecular weight excluding hydrogens is 464 g/mol. The summed E-state index contributed by atoms with van der Waals surface area (Å²) in [5.41, 5.74) is 0.473. The van der Waals surface area contributed by atoms with Crippen molar-refractivity contribution in [1.82, 2.24) is 4.90 Å². The molecule has 33 heavy (non-hydrogen) atoms. The van der Waals surface area contributed by atoms with E-state index < -0.39 is 28.7 Å². The molecule has 3 heterocycles. The molecule has 9 heteroatoms. The van der Waals surface area contributed by atoms with Crippen LogP contribution in [0.15, 0.2) is 24.3 Å². The molecule has 3 fully saturated rings. The number of rotatable bonds is 8. The van der Waals surface area contributed by atoms with Crippen molar-refractivity contribution in [2.75, 3.05) is 18.5 Å². The van der Waals surface area contributed by atoms with Gasteiger partial charge in [-0.15, -0.1) is 11.8 Å². The molecule has 4 rings (SSSR count). The molecule has 1 spiro atoms. The number of thioether (sulfide) groups is 1. The number of esters is 1. The lowest BCUT2D eigenvalue weighted by atomic mass is 9.71. The second kappa shape index (κ2) is 9.47. The SMILES string of the molecule is CCOC(=O)[C@@H]1[C@H]2C(=O)N([C@@H](CO)CC(C)C)C(C(=O)Nc3ccccc3Cl)C23CC[C@H]1S3. The molecule has 180 valence electrons. The normalized spacial score (nSPS) is 31.1. The number of halogens is 1. The Hall–Kier alpha value is -1.77. The maximum Gasteiger partial charge on any atom is 0.310 e. The average molecular weight is 495 g/mol. The first-order chi connectivity index (χ1) is 15.7. The van der Waals surface area contributed by atoms with E-state index in [9.17, 15) is 19.5 Å². The van der Waals surface area contributed by atoms with Gasteiger partial charge in [-0.1, -0.05) is 37.6 Å². The number of aliphatic hydroxyl groups excluding tert-OH is 1. The fraction of sp³-hybridized carbons (Fsp3) is 0.625. The molecule has 3 aliphatic rings. The highest BCUT2D eigenvalue weighted by Crippen LogP contribution is 2.66. The van der Waals surface area contributed by atoms with Crippen LogP contribution >= 0.6 is 23.4 Å². The van der Waals surface area contributed by atoms with Gasteiger partial charge in [-0.2, -0.15) is 0 Å². The summed E-state index contributed by atoms with van der Waals surface area (Å²) in [7, 11) is 0. The number of nitrogens with one attached hydrogen (secondary N) is 1. The second-order valence-electron chi connectivity index (χ2n) is 9.49. The van der Waals surface area contributed by atoms with Gasteiger partial charge < -0.3 is 20.1 Å². The van der Waals surface area contributed by atoms with Gasteiger partial charge in [-0.3, -0.25) is 14.4 Å². The van der Waals surface area contributed by atoms with Crippen LogP contribution in [0.4, 0.5) is 5.69 Å². The van der Waals surface area contributed by atoms with E-state index >= 15 is 0 Å². The first kappa shape index (κ1) is 24.4. The number of anilines is 1. The Morgan fingerprint density at radius 2 is 2.09 bits per heavy atom. The number of hydrogen-bond acceptors (Lipinski definition) is 6. The zero-order valence-electron chi connectivity index (χ0n) is 19.1. The molecule has 6 atom stereocenters. The first-order valence-corrected chi connectivity index (χ1v) is 12.8. The molecule has 2 amide bonds. The minimum atomic E-state index is -0.809. The fourth-order valence-corrected chi connectivity index (χ4v) is 8.25. The molecule has 2 unspecified atom stereocenters. The number of fused-ring (bicyclic) bond motifs is 1. The number of aliphatic hydroxyl groups is 1. The van der Waals surface area contributed by atoms with E-state index in [1.54, 1.807) is 47.9 Å². The number of amides is 2. The van der Waals surface area contributed by atoms with Gasteiger partial charge >= 0.3 is 5.97 Å². The minimum absolute atomic E-state index is 0.0477. The Morgan fingerprint density at radius 1 is 1.36 bits per heavy atom. The number of benzene rings is 1. The predicted octanol–water partition coefficient (Wildman–Crippen LogP) is 3.34. The molecule has 2 N–H and O–H groups in total. The van der Waals surface area contributed by atoms with Crippen LogP contribution in [0.2, 0.25) is 5.02 Å². The van der Waals surface area contributed by atoms with Gasteiger partial charge in [-0.05, 0) is 44.2 Å². The molecule has 0 aliphatic carbocycles. The number of likely N-dealkylation sites (tertiary alicyclic amines) is 1. The smallest absolute Gasteiger partial charge is 0.310 e. The maximum absolute atomic E-state index is 13.9. The van der Waals surface area contributed by atoms with Gasteiger partial charge in [0.1, 0.15) is 6.04 Å². The van der Waals surface area contributed by atoms with E-state index in [-0.39, 0.29) is 42.2 Å². The monoisotopic (exact) mass is 494 g/mol. The van der Waals surface area contributed by atoms with Crippen LogP contribution in [0.3, 0.4) is 0 Å². The van der Waals surface area contributed by atoms with Crippen molar-refractivity contribution in [2.45, 2.75) is 62.1 Å². The van der Waals surface area contributed by atoms with Crippen molar-refractivity contribution in [3.05, 3.63) is 29.3 Å². The van der Waals surface area contributed by atoms with E-state index in [2.05, 4.69) is 5.32 Å². The maximum atomic E-state index is 13.9. The number of nitrogens with zero attached hydrogens (tertiary/aromatic N) is 1. The van der Waals surface area contributed by atoms with Crippen molar-refractivity contribution in [3.8, 4) is 0 Å². The molecule has 0 aromatic heterocycles. The Morgan fingerprint density at radius 3 is 2.73 bits per heavy atom. The number of ether oxygens (including phenoxy) is 1. The zero-order chi connectivity index (χ0) is 23.9. The van der Waals surface area contributed by atoms with Crippen molar-refractivity contribution in [3.63, 3.8) is 0 Å². The second-order valence-corrected chi connectivity index (χ2v) is 11.5. The lowest BCUT2D eigenvalue weighted by Gasteiger charge is -2.37. The molecular formula is C24H31ClN2O5S. The third-order valence-electron chi connectivity index (χ3n) is 7.02. The highest BCUT2D eigenvalue weighted by molar-refractivity contribution is 8.02.